The van der Waals surface area contributed by atoms with Crippen LogP contribution in [0.25, 0.3) is 0 Å². The molecule has 1 saturated heterocycles. The molecule has 1 fully saturated rings. The number of likely N-dealkylation sites (tertiary alicyclic amines) is 1. The number of hydrogen-bond acceptors (Lipinski definition) is 2. The smallest absolute Gasteiger partial charge is 0.251 e. The van der Waals surface area contributed by atoms with Crippen LogP contribution >= 0.6 is 0 Å². The van der Waals surface area contributed by atoms with Gasteiger partial charge in [0, 0.05) is 18.7 Å². The normalized spacial score (nSPS) is 17.0. The van der Waals surface area contributed by atoms with Crippen LogP contribution in [0.15, 0.2) is 12.1 Å². The summed E-state index contributed by atoms with van der Waals surface area (Å²) >= 11 is 0. The van der Waals surface area contributed by atoms with E-state index in [0.717, 1.165) is 19.6 Å². The van der Waals surface area contributed by atoms with E-state index in [2.05, 4.69) is 10.2 Å². The fourth-order valence-corrected chi connectivity index (χ4v) is 2.53. The minimum absolute atomic E-state index is 0.209. The minimum Gasteiger partial charge on any atom is -0.352 e. The van der Waals surface area contributed by atoms with Crippen LogP contribution < -0.4 is 5.32 Å². The van der Waals surface area contributed by atoms with E-state index in [4.69, 9.17) is 0 Å². The Balaban J connectivity index is 1.86. The van der Waals surface area contributed by atoms with Crippen molar-refractivity contribution in [2.45, 2.75) is 19.8 Å². The molecule has 1 heterocycles. The molecule has 0 aliphatic carbocycles. The molecular formula is C15H19F3N2O. The van der Waals surface area contributed by atoms with Gasteiger partial charge in [0.2, 0.25) is 0 Å². The van der Waals surface area contributed by atoms with Gasteiger partial charge >= 0.3 is 0 Å². The number of hydrogen-bond donors (Lipinski definition) is 1. The fourth-order valence-electron chi connectivity index (χ4n) is 2.53. The van der Waals surface area contributed by atoms with E-state index in [9.17, 15) is 18.0 Å². The van der Waals surface area contributed by atoms with Crippen LogP contribution in [0.5, 0.6) is 0 Å². The van der Waals surface area contributed by atoms with Crippen molar-refractivity contribution in [3.05, 3.63) is 35.1 Å². The molecule has 1 aromatic carbocycles. The van der Waals surface area contributed by atoms with Gasteiger partial charge in [-0.05, 0) is 44.0 Å². The molecule has 3 nitrogen and oxygen atoms in total. The molecule has 21 heavy (non-hydrogen) atoms. The third-order valence-electron chi connectivity index (χ3n) is 3.63. The number of nitrogens with one attached hydrogen (secondary N) is 1. The maximum Gasteiger partial charge on any atom is 0.251 e. The number of rotatable bonds is 5. The maximum absolute atomic E-state index is 13.1. The van der Waals surface area contributed by atoms with Gasteiger partial charge in [-0.15, -0.1) is 0 Å². The minimum atomic E-state index is -1.56. The van der Waals surface area contributed by atoms with Gasteiger partial charge in [0.15, 0.2) is 17.5 Å². The second-order valence-electron chi connectivity index (χ2n) is 5.58. The Hall–Kier alpha value is -1.56. The summed E-state index contributed by atoms with van der Waals surface area (Å²) in [5, 5.41) is 2.63. The zero-order valence-electron chi connectivity index (χ0n) is 12.0. The molecule has 6 heteroatoms. The number of amides is 1. The molecular weight excluding hydrogens is 281 g/mol. The fraction of sp³-hybridized carbons (Fsp3) is 0.533. The Morgan fingerprint density at radius 2 is 1.81 bits per heavy atom. The average Bonchev–Trinajstić information content (AvgIpc) is 2.94. The zero-order chi connectivity index (χ0) is 15.4. The highest BCUT2D eigenvalue weighted by Crippen LogP contribution is 2.14. The Bertz CT molecular complexity index is 493. The van der Waals surface area contributed by atoms with Gasteiger partial charge in [-0.3, -0.25) is 4.79 Å². The van der Waals surface area contributed by atoms with Crippen LogP contribution in [0.1, 0.15) is 30.1 Å². The molecule has 0 aromatic heterocycles. The number of carbonyl (C=O) groups excluding carboxylic acids is 1. The van der Waals surface area contributed by atoms with Gasteiger partial charge in [0.1, 0.15) is 0 Å². The van der Waals surface area contributed by atoms with Gasteiger partial charge < -0.3 is 10.2 Å². The first-order chi connectivity index (χ1) is 9.97. The molecule has 1 amide bonds. The summed E-state index contributed by atoms with van der Waals surface area (Å²) in [6.07, 6.45) is 2.40. The number of benzene rings is 1. The monoisotopic (exact) mass is 300 g/mol. The quantitative estimate of drug-likeness (QED) is 0.848. The molecule has 116 valence electrons. The van der Waals surface area contributed by atoms with E-state index in [1.165, 1.54) is 12.8 Å². The second-order valence-corrected chi connectivity index (χ2v) is 5.58. The van der Waals surface area contributed by atoms with Crippen molar-refractivity contribution in [2.24, 2.45) is 5.92 Å². The lowest BCUT2D eigenvalue weighted by Crippen LogP contribution is -2.34. The first kappa shape index (κ1) is 15.8. The number of nitrogens with zero attached hydrogens (tertiary/aromatic N) is 1. The first-order valence-electron chi connectivity index (χ1n) is 7.12. The van der Waals surface area contributed by atoms with Crippen molar-refractivity contribution in [1.29, 1.82) is 0 Å². The van der Waals surface area contributed by atoms with Crippen molar-refractivity contribution in [2.75, 3.05) is 26.2 Å². The van der Waals surface area contributed by atoms with Crippen molar-refractivity contribution < 1.29 is 18.0 Å². The highest BCUT2D eigenvalue weighted by atomic mass is 19.2. The summed E-state index contributed by atoms with van der Waals surface area (Å²) < 4.78 is 39.0. The summed E-state index contributed by atoms with van der Waals surface area (Å²) in [7, 11) is 0. The van der Waals surface area contributed by atoms with Gasteiger partial charge in [-0.25, -0.2) is 13.2 Å². The molecule has 1 unspecified atom stereocenters. The molecule has 0 bridgehead atoms. The van der Waals surface area contributed by atoms with Crippen molar-refractivity contribution in [1.82, 2.24) is 10.2 Å². The molecule has 1 aromatic rings. The first-order valence-corrected chi connectivity index (χ1v) is 7.12. The van der Waals surface area contributed by atoms with E-state index in [1.54, 1.807) is 0 Å². The average molecular weight is 300 g/mol. The lowest BCUT2D eigenvalue weighted by Gasteiger charge is -2.20. The second kappa shape index (κ2) is 6.93. The lowest BCUT2D eigenvalue weighted by atomic mass is 10.1. The summed E-state index contributed by atoms with van der Waals surface area (Å²) in [5.74, 6) is -4.63. The van der Waals surface area contributed by atoms with Crippen LogP contribution in [0.3, 0.4) is 0 Å². The van der Waals surface area contributed by atoms with E-state index in [1.807, 2.05) is 6.92 Å². The molecule has 0 radical (unpaired) electrons. The van der Waals surface area contributed by atoms with Gasteiger partial charge in [-0.2, -0.15) is 0 Å². The molecule has 0 saturated carbocycles. The van der Waals surface area contributed by atoms with Gasteiger partial charge in [0.05, 0.1) is 0 Å². The molecule has 1 aliphatic heterocycles. The van der Waals surface area contributed by atoms with Crippen molar-refractivity contribution >= 4 is 5.91 Å². The lowest BCUT2D eigenvalue weighted by molar-refractivity contribution is 0.0944. The summed E-state index contributed by atoms with van der Waals surface area (Å²) in [4.78, 5) is 14.1. The highest BCUT2D eigenvalue weighted by Gasteiger charge is 2.17. The van der Waals surface area contributed by atoms with E-state index < -0.39 is 23.4 Å². The largest absolute Gasteiger partial charge is 0.352 e. The van der Waals surface area contributed by atoms with Crippen LogP contribution in [0, 0.1) is 23.4 Å². The summed E-state index contributed by atoms with van der Waals surface area (Å²) in [6, 6.07) is 1.41. The SMILES string of the molecule is CC(CNC(=O)c1cc(F)c(F)c(F)c1)CN1CCCC1. The Morgan fingerprint density at radius 3 is 2.38 bits per heavy atom. The van der Waals surface area contributed by atoms with Gasteiger partial charge in [0.25, 0.3) is 5.91 Å². The number of halogens is 3. The molecule has 2 rings (SSSR count). The Labute approximate surface area is 122 Å². The molecule has 1 atom stereocenters. The van der Waals surface area contributed by atoms with Gasteiger partial charge in [-0.1, -0.05) is 6.92 Å². The van der Waals surface area contributed by atoms with E-state index in [-0.39, 0.29) is 11.5 Å². The Kier molecular flexibility index (Phi) is 5.22. The van der Waals surface area contributed by atoms with E-state index >= 15 is 0 Å². The van der Waals surface area contributed by atoms with E-state index in [0.29, 0.717) is 18.7 Å². The van der Waals surface area contributed by atoms with Crippen molar-refractivity contribution in [3.63, 3.8) is 0 Å². The predicted octanol–water partition coefficient (Wildman–Crippen LogP) is 2.57. The summed E-state index contributed by atoms with van der Waals surface area (Å²) in [6.45, 7) is 5.45. The van der Waals surface area contributed by atoms with Crippen LogP contribution in [-0.4, -0.2) is 37.0 Å². The third-order valence-corrected chi connectivity index (χ3v) is 3.63. The zero-order valence-corrected chi connectivity index (χ0v) is 12.0. The standard InChI is InChI=1S/C15H19F3N2O/c1-10(9-20-4-2-3-5-20)8-19-15(21)11-6-12(16)14(18)13(17)7-11/h6-7,10H,2-5,8-9H2,1H3,(H,19,21). The third kappa shape index (κ3) is 4.20. The molecule has 1 N–H and O–H groups in total. The van der Waals surface area contributed by atoms with Crippen LogP contribution in [0.4, 0.5) is 13.2 Å². The topological polar surface area (TPSA) is 32.3 Å². The number of carbonyl (C=O) groups is 1. The van der Waals surface area contributed by atoms with Crippen LogP contribution in [-0.2, 0) is 0 Å². The Morgan fingerprint density at radius 1 is 1.24 bits per heavy atom. The maximum atomic E-state index is 13.1. The predicted molar refractivity (Wildman–Crippen MR) is 73.5 cm³/mol. The van der Waals surface area contributed by atoms with Crippen LogP contribution in [0.2, 0.25) is 0 Å². The highest BCUT2D eigenvalue weighted by molar-refractivity contribution is 5.94. The molecule has 0 spiro atoms. The van der Waals surface area contributed by atoms with Crippen molar-refractivity contribution in [3.8, 4) is 0 Å². The molecule has 1 aliphatic rings. The summed E-state index contributed by atoms with van der Waals surface area (Å²) in [5.41, 5.74) is -0.209.